The first-order valence-electron chi connectivity index (χ1n) is 9.74. The van der Waals surface area contributed by atoms with Gasteiger partial charge in [0.05, 0.1) is 6.04 Å². The van der Waals surface area contributed by atoms with Crippen molar-refractivity contribution in [3.63, 3.8) is 0 Å². The zero-order valence-corrected chi connectivity index (χ0v) is 17.5. The van der Waals surface area contributed by atoms with E-state index >= 15 is 0 Å². The molecule has 4 heterocycles. The van der Waals surface area contributed by atoms with Crippen LogP contribution in [-0.4, -0.2) is 52.2 Å². The largest absolute Gasteiger partial charge is 0.329 e. The number of nitrogens with zero attached hydrogens (tertiary/aromatic N) is 2. The lowest BCUT2D eigenvalue weighted by atomic mass is 9.73. The van der Waals surface area contributed by atoms with Crippen LogP contribution in [0.4, 0.5) is 5.69 Å². The summed E-state index contributed by atoms with van der Waals surface area (Å²) in [6.07, 6.45) is 3.89. The van der Waals surface area contributed by atoms with Crippen LogP contribution < -0.4 is 5.32 Å². The van der Waals surface area contributed by atoms with Gasteiger partial charge in [-0.2, -0.15) is 0 Å². The number of halogens is 1. The minimum atomic E-state index is -0.928. The molecule has 1 N–H and O–H groups in total. The normalized spacial score (nSPS) is 33.1. The number of amides is 3. The van der Waals surface area contributed by atoms with E-state index in [-0.39, 0.29) is 23.8 Å². The highest BCUT2D eigenvalue weighted by molar-refractivity contribution is 9.10. The Kier molecular flexibility index (Phi) is 3.79. The summed E-state index contributed by atoms with van der Waals surface area (Å²) in [6.45, 7) is 4.57. The van der Waals surface area contributed by atoms with Crippen molar-refractivity contribution in [1.29, 1.82) is 0 Å². The highest BCUT2D eigenvalue weighted by Gasteiger charge is 2.66. The van der Waals surface area contributed by atoms with E-state index in [2.05, 4.69) is 21.2 Å². The van der Waals surface area contributed by atoms with Gasteiger partial charge in [-0.1, -0.05) is 33.6 Å². The van der Waals surface area contributed by atoms with Gasteiger partial charge in [0.2, 0.25) is 17.7 Å². The van der Waals surface area contributed by atoms with Crippen molar-refractivity contribution < 1.29 is 14.4 Å². The van der Waals surface area contributed by atoms with Gasteiger partial charge in [0.15, 0.2) is 0 Å². The Morgan fingerprint density at radius 3 is 2.75 bits per heavy atom. The highest BCUT2D eigenvalue weighted by Crippen LogP contribution is 2.53. The molecule has 0 bridgehead atoms. The number of anilines is 1. The summed E-state index contributed by atoms with van der Waals surface area (Å²) in [4.78, 5) is 43.5. The van der Waals surface area contributed by atoms with Crippen molar-refractivity contribution in [1.82, 2.24) is 9.80 Å². The van der Waals surface area contributed by atoms with E-state index in [4.69, 9.17) is 0 Å². The van der Waals surface area contributed by atoms with Crippen LogP contribution >= 0.6 is 15.9 Å². The Hall–Kier alpha value is -2.15. The molecular formula is C21H22BrN3O3. The summed E-state index contributed by atoms with van der Waals surface area (Å²) in [5.74, 6) is -0.150. The molecular weight excluding hydrogens is 422 g/mol. The fourth-order valence-corrected chi connectivity index (χ4v) is 5.86. The van der Waals surface area contributed by atoms with Crippen LogP contribution in [-0.2, 0) is 19.8 Å². The van der Waals surface area contributed by atoms with Crippen molar-refractivity contribution >= 4 is 39.3 Å². The molecule has 4 aliphatic heterocycles. The summed E-state index contributed by atoms with van der Waals surface area (Å²) in [7, 11) is 0. The molecule has 0 unspecified atom stereocenters. The summed E-state index contributed by atoms with van der Waals surface area (Å²) in [5.41, 5.74) is 1.73. The number of carbonyl (C=O) groups excluding carboxylic acids is 3. The molecule has 4 atom stereocenters. The third-order valence-electron chi connectivity index (χ3n) is 6.62. The van der Waals surface area contributed by atoms with Gasteiger partial charge in [0.1, 0.15) is 17.5 Å². The first-order chi connectivity index (χ1) is 13.3. The Balaban J connectivity index is 1.70. The van der Waals surface area contributed by atoms with Gasteiger partial charge in [0.25, 0.3) is 0 Å². The molecule has 146 valence electrons. The second-order valence-electron chi connectivity index (χ2n) is 8.46. The number of fused-ring (bicyclic) bond motifs is 4. The van der Waals surface area contributed by atoms with E-state index in [1.807, 2.05) is 38.1 Å². The molecule has 1 aromatic carbocycles. The molecule has 7 heteroatoms. The molecule has 5 rings (SSSR count). The first kappa shape index (κ1) is 17.9. The number of allylic oxidation sites excluding steroid dienone is 1. The van der Waals surface area contributed by atoms with E-state index in [9.17, 15) is 14.4 Å². The van der Waals surface area contributed by atoms with Gasteiger partial charge < -0.3 is 15.1 Å². The molecule has 6 nitrogen and oxygen atoms in total. The quantitative estimate of drug-likeness (QED) is 0.678. The highest BCUT2D eigenvalue weighted by atomic mass is 79.9. The molecule has 0 aromatic heterocycles. The van der Waals surface area contributed by atoms with Crippen molar-refractivity contribution in [2.45, 2.75) is 56.7 Å². The minimum absolute atomic E-state index is 0.00973. The van der Waals surface area contributed by atoms with Crippen molar-refractivity contribution in [2.24, 2.45) is 0 Å². The smallest absolute Gasteiger partial charge is 0.246 e. The lowest BCUT2D eigenvalue weighted by molar-refractivity contribution is -0.158. The van der Waals surface area contributed by atoms with E-state index in [0.29, 0.717) is 19.4 Å². The lowest BCUT2D eigenvalue weighted by Crippen LogP contribution is -2.62. The van der Waals surface area contributed by atoms with Gasteiger partial charge in [-0.05, 0) is 50.8 Å². The summed E-state index contributed by atoms with van der Waals surface area (Å²) >= 11 is 3.46. The third kappa shape index (κ3) is 2.16. The maximum Gasteiger partial charge on any atom is 0.246 e. The molecule has 3 fully saturated rings. The van der Waals surface area contributed by atoms with E-state index in [0.717, 1.165) is 27.7 Å². The van der Waals surface area contributed by atoms with Gasteiger partial charge >= 0.3 is 0 Å². The Morgan fingerprint density at radius 2 is 2.00 bits per heavy atom. The molecule has 3 amide bonds. The molecule has 1 spiro atoms. The maximum atomic E-state index is 13.4. The van der Waals surface area contributed by atoms with Crippen LogP contribution in [0.15, 0.2) is 34.3 Å². The molecule has 4 aliphatic rings. The number of nitrogens with one attached hydrogen (secondary N) is 1. The minimum Gasteiger partial charge on any atom is -0.329 e. The number of rotatable bonds is 1. The summed E-state index contributed by atoms with van der Waals surface area (Å²) < 4.78 is 0.880. The van der Waals surface area contributed by atoms with Gasteiger partial charge in [0, 0.05) is 16.7 Å². The van der Waals surface area contributed by atoms with Crippen LogP contribution in [0, 0.1) is 0 Å². The Morgan fingerprint density at radius 1 is 1.21 bits per heavy atom. The predicted molar refractivity (Wildman–Crippen MR) is 108 cm³/mol. The number of hydrogen-bond acceptors (Lipinski definition) is 3. The number of carbonyl (C=O) groups is 3. The zero-order chi connectivity index (χ0) is 19.8. The van der Waals surface area contributed by atoms with E-state index in [1.54, 1.807) is 9.80 Å². The van der Waals surface area contributed by atoms with Crippen molar-refractivity contribution in [3.05, 3.63) is 39.9 Å². The van der Waals surface area contributed by atoms with E-state index in [1.165, 1.54) is 0 Å². The number of benzene rings is 1. The second-order valence-corrected chi connectivity index (χ2v) is 9.38. The van der Waals surface area contributed by atoms with Crippen LogP contribution in [0.2, 0.25) is 0 Å². The van der Waals surface area contributed by atoms with Crippen molar-refractivity contribution in [2.75, 3.05) is 11.9 Å². The van der Waals surface area contributed by atoms with Gasteiger partial charge in [-0.15, -0.1) is 0 Å². The standard InChI is InChI=1S/C21H22BrN3O3/c1-11(2)8-17-21(13-6-5-12(22)9-14(13)23-20(21)28)10-16-18(26)24-7-3-4-15(24)19(27)25(16)17/h5-6,8-9,15-17H,3-4,7,10H2,1-2H3,(H,23,28)/t15-,16-,17-,21-/m0/s1. The predicted octanol–water partition coefficient (Wildman–Crippen LogP) is 2.58. The van der Waals surface area contributed by atoms with Crippen molar-refractivity contribution in [3.8, 4) is 0 Å². The molecule has 1 aromatic rings. The first-order valence-corrected chi connectivity index (χ1v) is 10.5. The Bertz CT molecular complexity index is 954. The topological polar surface area (TPSA) is 69.7 Å². The molecule has 0 aliphatic carbocycles. The van der Waals surface area contributed by atoms with Crippen LogP contribution in [0.25, 0.3) is 0 Å². The molecule has 0 saturated carbocycles. The van der Waals surface area contributed by atoms with Gasteiger partial charge in [-0.25, -0.2) is 0 Å². The SMILES string of the molecule is CC(C)=C[C@@H]1N2C(=O)[C@@H]3CCCN3C(=O)[C@@H]2C[C@@]12C(=O)Nc1cc(Br)ccc12. The molecule has 0 radical (unpaired) electrons. The maximum absolute atomic E-state index is 13.4. The fraction of sp³-hybridized carbons (Fsp3) is 0.476. The Labute approximate surface area is 172 Å². The fourth-order valence-electron chi connectivity index (χ4n) is 5.50. The second kappa shape index (κ2) is 5.92. The summed E-state index contributed by atoms with van der Waals surface area (Å²) in [6, 6.07) is 4.34. The number of hydrogen-bond donors (Lipinski definition) is 1. The summed E-state index contributed by atoms with van der Waals surface area (Å²) in [5, 5.41) is 3.00. The van der Waals surface area contributed by atoms with Crippen LogP contribution in [0.5, 0.6) is 0 Å². The average molecular weight is 444 g/mol. The molecule has 28 heavy (non-hydrogen) atoms. The van der Waals surface area contributed by atoms with Gasteiger partial charge in [-0.3, -0.25) is 14.4 Å². The number of piperazine rings is 1. The zero-order valence-electron chi connectivity index (χ0n) is 15.9. The monoisotopic (exact) mass is 443 g/mol. The molecule has 3 saturated heterocycles. The lowest BCUT2D eigenvalue weighted by Gasteiger charge is -2.41. The van der Waals surface area contributed by atoms with Crippen LogP contribution in [0.1, 0.15) is 38.7 Å². The third-order valence-corrected chi connectivity index (χ3v) is 7.12. The average Bonchev–Trinajstić information content (AvgIpc) is 3.30. The van der Waals surface area contributed by atoms with E-state index < -0.39 is 17.5 Å². The van der Waals surface area contributed by atoms with Crippen LogP contribution in [0.3, 0.4) is 0 Å².